The van der Waals surface area contributed by atoms with Crippen LogP contribution in [-0.2, 0) is 10.0 Å². The molecule has 84 valence electrons. The van der Waals surface area contributed by atoms with Crippen LogP contribution in [0.15, 0.2) is 17.2 Å². The average Bonchev–Trinajstić information content (AvgIpc) is 2.15. The quantitative estimate of drug-likeness (QED) is 0.839. The topological polar surface area (TPSA) is 82.3 Å². The lowest BCUT2D eigenvalue weighted by atomic mass is 10.3. The van der Waals surface area contributed by atoms with Crippen molar-refractivity contribution in [1.29, 1.82) is 0 Å². The van der Waals surface area contributed by atoms with Gasteiger partial charge in [-0.1, -0.05) is 0 Å². The van der Waals surface area contributed by atoms with E-state index >= 15 is 0 Å². The van der Waals surface area contributed by atoms with E-state index in [0.717, 1.165) is 6.07 Å². The van der Waals surface area contributed by atoms with Crippen LogP contribution < -0.4 is 9.88 Å². The highest BCUT2D eigenvalue weighted by Gasteiger charge is 2.17. The summed E-state index contributed by atoms with van der Waals surface area (Å²) in [7, 11) is -2.93. The molecule has 5 nitrogen and oxygen atoms in total. The minimum atomic E-state index is -4.12. The van der Waals surface area contributed by atoms with Crippen molar-refractivity contribution in [1.82, 2.24) is 4.98 Å². The normalized spacial score (nSPS) is 11.8. The number of pyridine rings is 1. The van der Waals surface area contributed by atoms with Crippen LogP contribution in [0.4, 0.5) is 8.78 Å². The van der Waals surface area contributed by atoms with Crippen LogP contribution >= 0.6 is 0 Å². The molecule has 2 N–H and O–H groups in total. The molecule has 0 aliphatic rings. The molecule has 0 aliphatic carbocycles. The number of nitrogens with zero attached hydrogens (tertiary/aromatic N) is 1. The van der Waals surface area contributed by atoms with E-state index in [1.807, 2.05) is 0 Å². The van der Waals surface area contributed by atoms with Gasteiger partial charge < -0.3 is 4.74 Å². The van der Waals surface area contributed by atoms with Crippen LogP contribution in [-0.4, -0.2) is 20.5 Å². The number of aromatic nitrogens is 1. The second-order valence-electron chi connectivity index (χ2n) is 2.63. The van der Waals surface area contributed by atoms with Crippen molar-refractivity contribution in [3.05, 3.63) is 17.7 Å². The van der Waals surface area contributed by atoms with Crippen molar-refractivity contribution in [3.8, 4) is 5.88 Å². The van der Waals surface area contributed by atoms with Gasteiger partial charge in [0.2, 0.25) is 5.88 Å². The third-order valence-corrected chi connectivity index (χ3v) is 2.35. The molecule has 0 aromatic carbocycles. The van der Waals surface area contributed by atoms with Gasteiger partial charge in [0.15, 0.2) is 5.03 Å². The summed E-state index contributed by atoms with van der Waals surface area (Å²) in [4.78, 5) is 3.44. The van der Waals surface area contributed by atoms with Gasteiger partial charge in [0.25, 0.3) is 16.4 Å². The molecule has 0 aliphatic heterocycles. The second-order valence-corrected chi connectivity index (χ2v) is 4.14. The molecular weight excluding hydrogens is 230 g/mol. The fourth-order valence-corrected chi connectivity index (χ4v) is 1.39. The molecule has 0 radical (unpaired) electrons. The molecule has 0 spiro atoms. The molecule has 0 saturated carbocycles. The first-order valence-electron chi connectivity index (χ1n) is 3.71. The summed E-state index contributed by atoms with van der Waals surface area (Å²) < 4.78 is 51.0. The zero-order chi connectivity index (χ0) is 11.6. The van der Waals surface area contributed by atoms with Crippen molar-refractivity contribution in [3.63, 3.8) is 0 Å². The van der Waals surface area contributed by atoms with Gasteiger partial charge in [-0.15, -0.1) is 0 Å². The maximum atomic E-state index is 12.3. The predicted octanol–water partition coefficient (Wildman–Crippen LogP) is 0.675. The van der Waals surface area contributed by atoms with Crippen molar-refractivity contribution in [2.24, 2.45) is 5.14 Å². The lowest BCUT2D eigenvalue weighted by Gasteiger charge is -2.05. The van der Waals surface area contributed by atoms with E-state index in [2.05, 4.69) is 9.72 Å². The first-order chi connectivity index (χ1) is 6.84. The van der Waals surface area contributed by atoms with Gasteiger partial charge in [0.1, 0.15) is 0 Å². The summed E-state index contributed by atoms with van der Waals surface area (Å²) in [6.45, 7) is 0. The van der Waals surface area contributed by atoms with E-state index in [1.54, 1.807) is 0 Å². The van der Waals surface area contributed by atoms with Gasteiger partial charge in [-0.3, -0.25) is 0 Å². The molecule has 0 unspecified atom stereocenters. The van der Waals surface area contributed by atoms with E-state index in [0.29, 0.717) is 6.07 Å². The summed E-state index contributed by atoms with van der Waals surface area (Å²) in [6.07, 6.45) is -2.82. The molecular formula is C7H8F2N2O3S. The zero-order valence-electron chi connectivity index (χ0n) is 7.65. The average molecular weight is 238 g/mol. The van der Waals surface area contributed by atoms with Crippen LogP contribution in [0, 0.1) is 0 Å². The summed E-state index contributed by atoms with van der Waals surface area (Å²) in [5.41, 5.74) is -0.508. The number of methoxy groups -OCH3 is 1. The molecule has 8 heteroatoms. The number of hydrogen-bond donors (Lipinski definition) is 1. The van der Waals surface area contributed by atoms with E-state index in [1.165, 1.54) is 7.11 Å². The Balaban J connectivity index is 3.36. The second kappa shape index (κ2) is 4.07. The smallest absolute Gasteiger partial charge is 0.264 e. The Morgan fingerprint density at radius 2 is 2.07 bits per heavy atom. The molecule has 1 aromatic rings. The van der Waals surface area contributed by atoms with E-state index in [4.69, 9.17) is 5.14 Å². The molecule has 0 bridgehead atoms. The Morgan fingerprint density at radius 3 is 2.47 bits per heavy atom. The van der Waals surface area contributed by atoms with Gasteiger partial charge in [0, 0.05) is 11.6 Å². The number of primary sulfonamides is 1. The fourth-order valence-electron chi connectivity index (χ4n) is 0.876. The SMILES string of the molecule is COc1cc(C(F)F)cc(S(N)(=O)=O)n1. The van der Waals surface area contributed by atoms with Crippen molar-refractivity contribution >= 4 is 10.0 Å². The summed E-state index contributed by atoms with van der Waals surface area (Å²) >= 11 is 0. The number of hydrogen-bond acceptors (Lipinski definition) is 4. The zero-order valence-corrected chi connectivity index (χ0v) is 8.46. The number of halogens is 2. The van der Waals surface area contributed by atoms with Crippen molar-refractivity contribution < 1.29 is 21.9 Å². The Kier molecular flexibility index (Phi) is 3.20. The van der Waals surface area contributed by atoms with E-state index in [9.17, 15) is 17.2 Å². The third-order valence-electron chi connectivity index (χ3n) is 1.55. The van der Waals surface area contributed by atoms with Crippen LogP contribution in [0.5, 0.6) is 5.88 Å². The first kappa shape index (κ1) is 11.8. The van der Waals surface area contributed by atoms with Crippen LogP contribution in [0.25, 0.3) is 0 Å². The first-order valence-corrected chi connectivity index (χ1v) is 5.26. The standard InChI is InChI=1S/C7H8F2N2O3S/c1-14-5-2-4(7(8)9)3-6(11-5)15(10,12)13/h2-3,7H,1H3,(H2,10,12,13). The highest BCUT2D eigenvalue weighted by molar-refractivity contribution is 7.89. The summed E-state index contributed by atoms with van der Waals surface area (Å²) in [5, 5.41) is 4.12. The molecule has 1 aromatic heterocycles. The van der Waals surface area contributed by atoms with Crippen LogP contribution in [0.2, 0.25) is 0 Å². The molecule has 0 atom stereocenters. The van der Waals surface area contributed by atoms with Crippen molar-refractivity contribution in [2.75, 3.05) is 7.11 Å². The Labute approximate surface area is 84.9 Å². The monoisotopic (exact) mass is 238 g/mol. The largest absolute Gasteiger partial charge is 0.481 e. The molecule has 1 rings (SSSR count). The van der Waals surface area contributed by atoms with Gasteiger partial charge in [0.05, 0.1) is 7.11 Å². The van der Waals surface area contributed by atoms with Gasteiger partial charge in [-0.05, 0) is 6.07 Å². The van der Waals surface area contributed by atoms with Gasteiger partial charge in [-0.25, -0.2) is 27.3 Å². The number of ether oxygens (including phenoxy) is 1. The number of rotatable bonds is 3. The highest BCUT2D eigenvalue weighted by atomic mass is 32.2. The maximum Gasteiger partial charge on any atom is 0.264 e. The number of alkyl halides is 2. The van der Waals surface area contributed by atoms with Gasteiger partial charge in [-0.2, -0.15) is 0 Å². The van der Waals surface area contributed by atoms with Gasteiger partial charge >= 0.3 is 0 Å². The predicted molar refractivity (Wildman–Crippen MR) is 47.1 cm³/mol. The fraction of sp³-hybridized carbons (Fsp3) is 0.286. The lowest BCUT2D eigenvalue weighted by Crippen LogP contribution is -2.14. The highest BCUT2D eigenvalue weighted by Crippen LogP contribution is 2.24. The molecule has 0 fully saturated rings. The number of sulfonamides is 1. The van der Waals surface area contributed by atoms with Crippen LogP contribution in [0.3, 0.4) is 0 Å². The van der Waals surface area contributed by atoms with E-state index in [-0.39, 0.29) is 5.88 Å². The maximum absolute atomic E-state index is 12.3. The molecule has 0 saturated heterocycles. The minimum absolute atomic E-state index is 0.225. The minimum Gasteiger partial charge on any atom is -0.481 e. The Morgan fingerprint density at radius 1 is 1.47 bits per heavy atom. The number of nitrogens with two attached hydrogens (primary N) is 1. The van der Waals surface area contributed by atoms with Crippen molar-refractivity contribution in [2.45, 2.75) is 11.5 Å². The molecule has 15 heavy (non-hydrogen) atoms. The van der Waals surface area contributed by atoms with Crippen LogP contribution in [0.1, 0.15) is 12.0 Å². The summed E-state index contributed by atoms with van der Waals surface area (Å²) in [5.74, 6) is -0.225. The molecule has 1 heterocycles. The molecule has 0 amide bonds. The third kappa shape index (κ3) is 2.83. The van der Waals surface area contributed by atoms with E-state index < -0.39 is 27.0 Å². The lowest BCUT2D eigenvalue weighted by molar-refractivity contribution is 0.150. The Hall–Kier alpha value is -1.28. The Bertz CT molecular complexity index is 461. The summed E-state index contributed by atoms with van der Waals surface area (Å²) in [6, 6.07) is 1.65.